The molecule has 3 aromatic carbocycles. The van der Waals surface area contributed by atoms with Crippen molar-refractivity contribution in [3.63, 3.8) is 0 Å². The van der Waals surface area contributed by atoms with Gasteiger partial charge in [0.2, 0.25) is 5.91 Å². The Kier molecular flexibility index (Phi) is 5.64. The molecule has 7 nitrogen and oxygen atoms in total. The number of fused-ring (bicyclic) bond motifs is 6. The number of carbonyl (C=O) groups is 3. The molecule has 1 fully saturated rings. The molecule has 1 saturated heterocycles. The fraction of sp³-hybridized carbons (Fsp3) is 0.176. The highest BCUT2D eigenvalue weighted by atomic mass is 16.5. The summed E-state index contributed by atoms with van der Waals surface area (Å²) >= 11 is 0. The average molecular weight is 542 g/mol. The molecular weight excluding hydrogens is 514 g/mol. The SMILES string of the molecule is COc1cccc(C(=O)[C@@H]2[C@H](C(=O)c3ccccn3)[C@]3(C(=O)Nc4ccccc43)[C@H]3C=C(C)c4ccccc4N23)c1. The van der Waals surface area contributed by atoms with Crippen LogP contribution in [0.1, 0.15) is 38.9 Å². The summed E-state index contributed by atoms with van der Waals surface area (Å²) in [6.45, 7) is 2.01. The molecule has 4 aromatic rings. The topological polar surface area (TPSA) is 88.6 Å². The van der Waals surface area contributed by atoms with Gasteiger partial charge in [-0.2, -0.15) is 0 Å². The van der Waals surface area contributed by atoms with Crippen molar-refractivity contribution in [2.45, 2.75) is 24.4 Å². The van der Waals surface area contributed by atoms with Crippen LogP contribution in [0.4, 0.5) is 11.4 Å². The highest BCUT2D eigenvalue weighted by Crippen LogP contribution is 2.58. The number of hydrogen-bond donors (Lipinski definition) is 1. The van der Waals surface area contributed by atoms with Gasteiger partial charge in [-0.05, 0) is 54.5 Å². The molecule has 0 unspecified atom stereocenters. The largest absolute Gasteiger partial charge is 0.497 e. The maximum Gasteiger partial charge on any atom is 0.238 e. The molecule has 41 heavy (non-hydrogen) atoms. The first kappa shape index (κ1) is 25.0. The molecule has 1 N–H and O–H groups in total. The van der Waals surface area contributed by atoms with E-state index in [2.05, 4.69) is 10.3 Å². The number of benzene rings is 3. The maximum absolute atomic E-state index is 14.7. The molecule has 202 valence electrons. The Bertz CT molecular complexity index is 1760. The molecule has 4 heterocycles. The zero-order chi connectivity index (χ0) is 28.3. The number of allylic oxidation sites excluding steroid dienone is 1. The van der Waals surface area contributed by atoms with Gasteiger partial charge in [-0.15, -0.1) is 0 Å². The van der Waals surface area contributed by atoms with Crippen LogP contribution in [0.5, 0.6) is 5.75 Å². The monoisotopic (exact) mass is 541 g/mol. The summed E-state index contributed by atoms with van der Waals surface area (Å²) in [6, 6.07) is 25.8. The van der Waals surface area contributed by atoms with Crippen molar-refractivity contribution in [2.24, 2.45) is 5.92 Å². The Balaban J connectivity index is 1.55. The number of nitrogens with one attached hydrogen (secondary N) is 1. The van der Waals surface area contributed by atoms with Gasteiger partial charge in [0.25, 0.3) is 0 Å². The van der Waals surface area contributed by atoms with E-state index in [-0.39, 0.29) is 23.2 Å². The van der Waals surface area contributed by atoms with Crippen LogP contribution in [0.25, 0.3) is 5.57 Å². The van der Waals surface area contributed by atoms with Gasteiger partial charge in [0.05, 0.1) is 19.1 Å². The molecule has 7 heteroatoms. The van der Waals surface area contributed by atoms with E-state index >= 15 is 0 Å². The maximum atomic E-state index is 14.7. The Morgan fingerprint density at radius 2 is 1.71 bits per heavy atom. The molecule has 0 bridgehead atoms. The fourth-order valence-corrected chi connectivity index (χ4v) is 7.00. The fourth-order valence-electron chi connectivity index (χ4n) is 7.00. The number of nitrogens with zero attached hydrogens (tertiary/aromatic N) is 2. The molecule has 3 aliphatic rings. The Morgan fingerprint density at radius 1 is 0.927 bits per heavy atom. The van der Waals surface area contributed by atoms with Crippen LogP contribution in [0, 0.1) is 5.92 Å². The van der Waals surface area contributed by atoms with Gasteiger partial charge in [0.1, 0.15) is 22.9 Å². The average Bonchev–Trinajstić information content (AvgIpc) is 3.49. The number of ketones is 2. The number of aromatic nitrogens is 1. The van der Waals surface area contributed by atoms with E-state index < -0.39 is 23.4 Å². The third-order valence-electron chi connectivity index (χ3n) is 8.71. The first-order valence-electron chi connectivity index (χ1n) is 13.6. The molecule has 1 aromatic heterocycles. The first-order valence-corrected chi connectivity index (χ1v) is 13.6. The summed E-state index contributed by atoms with van der Waals surface area (Å²) in [6.07, 6.45) is 3.60. The first-order chi connectivity index (χ1) is 20.0. The summed E-state index contributed by atoms with van der Waals surface area (Å²) in [5, 5.41) is 3.06. The number of methoxy groups -OCH3 is 1. The van der Waals surface area contributed by atoms with Crippen molar-refractivity contribution in [1.82, 2.24) is 4.98 Å². The number of ether oxygens (including phenoxy) is 1. The summed E-state index contributed by atoms with van der Waals surface area (Å²) < 4.78 is 5.43. The highest BCUT2D eigenvalue weighted by molar-refractivity contribution is 6.18. The number of para-hydroxylation sites is 2. The van der Waals surface area contributed by atoms with E-state index in [4.69, 9.17) is 4.74 Å². The van der Waals surface area contributed by atoms with E-state index in [9.17, 15) is 14.4 Å². The highest BCUT2D eigenvalue weighted by Gasteiger charge is 2.70. The summed E-state index contributed by atoms with van der Waals surface area (Å²) in [5.41, 5.74) is 3.35. The third-order valence-corrected chi connectivity index (χ3v) is 8.71. The molecule has 0 aliphatic carbocycles. The second-order valence-electron chi connectivity index (χ2n) is 10.7. The van der Waals surface area contributed by atoms with Crippen molar-refractivity contribution in [1.29, 1.82) is 0 Å². The number of rotatable bonds is 5. The molecule has 0 radical (unpaired) electrons. The Hall–Kier alpha value is -5.04. The number of Topliss-reactive ketones (excluding diaryl/α,β-unsaturated/α-hetero) is 2. The second kappa shape index (κ2) is 9.27. The lowest BCUT2D eigenvalue weighted by Gasteiger charge is -2.39. The van der Waals surface area contributed by atoms with E-state index in [0.717, 1.165) is 16.8 Å². The van der Waals surface area contributed by atoms with Gasteiger partial charge in [-0.25, -0.2) is 0 Å². The summed E-state index contributed by atoms with van der Waals surface area (Å²) in [4.78, 5) is 50.2. The van der Waals surface area contributed by atoms with Crippen LogP contribution < -0.4 is 15.0 Å². The van der Waals surface area contributed by atoms with Gasteiger partial charge in [0, 0.05) is 28.7 Å². The van der Waals surface area contributed by atoms with Gasteiger partial charge in [-0.1, -0.05) is 60.7 Å². The second-order valence-corrected chi connectivity index (χ2v) is 10.7. The molecule has 4 atom stereocenters. The molecule has 1 amide bonds. The number of carbonyl (C=O) groups excluding carboxylic acids is 3. The number of amides is 1. The van der Waals surface area contributed by atoms with Crippen LogP contribution in [0.2, 0.25) is 0 Å². The molecular formula is C34H27N3O4. The summed E-state index contributed by atoms with van der Waals surface area (Å²) in [5.74, 6) is -1.45. The molecule has 0 saturated carbocycles. The van der Waals surface area contributed by atoms with E-state index in [0.29, 0.717) is 22.6 Å². The van der Waals surface area contributed by atoms with Crippen LogP contribution >= 0.6 is 0 Å². The molecule has 1 spiro atoms. The lowest BCUT2D eigenvalue weighted by Crippen LogP contribution is -2.51. The standard InChI is InChI=1S/C34H27N3O4/c1-20-18-28-34(24-13-4-5-14-25(24)36-33(34)40)29(32(39)26-15-7-8-17-35-26)30(37(28)27-16-6-3-12-23(20)27)31(38)21-10-9-11-22(19-21)41-2/h3-19,28-30H,1-2H3,(H,36,40)/t28-,29-,30+,34-/m1/s1. The molecule has 3 aliphatic heterocycles. The van der Waals surface area contributed by atoms with E-state index in [1.165, 1.54) is 0 Å². The van der Waals surface area contributed by atoms with Crippen molar-refractivity contribution in [3.05, 3.63) is 126 Å². The summed E-state index contributed by atoms with van der Waals surface area (Å²) in [7, 11) is 1.55. The van der Waals surface area contributed by atoms with Crippen LogP contribution in [-0.2, 0) is 10.2 Å². The minimum absolute atomic E-state index is 0.214. The Morgan fingerprint density at radius 3 is 2.51 bits per heavy atom. The quantitative estimate of drug-likeness (QED) is 0.344. The minimum Gasteiger partial charge on any atom is -0.497 e. The van der Waals surface area contributed by atoms with Crippen LogP contribution in [-0.4, -0.2) is 41.7 Å². The van der Waals surface area contributed by atoms with Crippen molar-refractivity contribution in [2.75, 3.05) is 17.3 Å². The van der Waals surface area contributed by atoms with E-state index in [1.54, 1.807) is 55.8 Å². The van der Waals surface area contributed by atoms with Crippen LogP contribution in [0.3, 0.4) is 0 Å². The zero-order valence-electron chi connectivity index (χ0n) is 22.6. The van der Waals surface area contributed by atoms with Crippen molar-refractivity contribution in [3.8, 4) is 5.75 Å². The predicted octanol–water partition coefficient (Wildman–Crippen LogP) is 5.34. The zero-order valence-corrected chi connectivity index (χ0v) is 22.6. The van der Waals surface area contributed by atoms with Gasteiger partial charge in [0.15, 0.2) is 11.6 Å². The predicted molar refractivity (Wildman–Crippen MR) is 156 cm³/mol. The van der Waals surface area contributed by atoms with Crippen LogP contribution in [0.15, 0.2) is 103 Å². The number of pyridine rings is 1. The minimum atomic E-state index is -1.38. The Labute approximate surface area is 237 Å². The van der Waals surface area contributed by atoms with E-state index in [1.807, 2.05) is 66.4 Å². The van der Waals surface area contributed by atoms with Gasteiger partial charge in [-0.3, -0.25) is 19.4 Å². The van der Waals surface area contributed by atoms with Crippen molar-refractivity contribution < 1.29 is 19.1 Å². The lowest BCUT2D eigenvalue weighted by atomic mass is 9.64. The van der Waals surface area contributed by atoms with Gasteiger partial charge < -0.3 is 15.0 Å². The third kappa shape index (κ3) is 3.45. The number of anilines is 2. The lowest BCUT2D eigenvalue weighted by molar-refractivity contribution is -0.121. The smallest absolute Gasteiger partial charge is 0.238 e. The normalized spacial score (nSPS) is 23.8. The number of hydrogen-bond acceptors (Lipinski definition) is 6. The van der Waals surface area contributed by atoms with Gasteiger partial charge >= 0.3 is 0 Å². The molecule has 7 rings (SSSR count). The van der Waals surface area contributed by atoms with Crippen molar-refractivity contribution >= 4 is 34.4 Å².